The molecule has 6 nitrogen and oxygen atoms in total. The van der Waals surface area contributed by atoms with Crippen molar-refractivity contribution in [3.05, 3.63) is 0 Å². The van der Waals surface area contributed by atoms with Gasteiger partial charge in [0.25, 0.3) is 0 Å². The van der Waals surface area contributed by atoms with Crippen molar-refractivity contribution in [3.8, 4) is 0 Å². The van der Waals surface area contributed by atoms with Gasteiger partial charge in [0, 0.05) is 33.4 Å². The van der Waals surface area contributed by atoms with Gasteiger partial charge in [-0.1, -0.05) is 0 Å². The van der Waals surface area contributed by atoms with Gasteiger partial charge in [-0.25, -0.2) is 0 Å². The average molecular weight is 356 g/mol. The summed E-state index contributed by atoms with van der Waals surface area (Å²) in [6.07, 6.45) is -2.74. The second-order valence-corrected chi connectivity index (χ2v) is 5.35. The summed E-state index contributed by atoms with van der Waals surface area (Å²) in [6, 6.07) is 0. The van der Waals surface area contributed by atoms with Crippen molar-refractivity contribution in [1.82, 2.24) is 15.5 Å². The van der Waals surface area contributed by atoms with E-state index in [9.17, 15) is 13.2 Å². The monoisotopic (exact) mass is 356 g/mol. The number of methoxy groups -OCH3 is 1. The van der Waals surface area contributed by atoms with E-state index >= 15 is 0 Å². The standard InChI is InChI=1S/C15H31F3N4O2/c1-4-19-14(21-8-6-10-24-12-11-23-3)20-7-5-9-22(2)13-15(16,17)18/h4-13H2,1-3H3,(H2,19,20,21). The maximum absolute atomic E-state index is 12.2. The number of aliphatic imine (C=N–C) groups is 1. The highest BCUT2D eigenvalue weighted by Gasteiger charge is 2.28. The van der Waals surface area contributed by atoms with E-state index in [0.717, 1.165) is 13.0 Å². The molecule has 0 amide bonds. The maximum Gasteiger partial charge on any atom is 0.401 e. The van der Waals surface area contributed by atoms with Crippen molar-refractivity contribution < 1.29 is 22.6 Å². The van der Waals surface area contributed by atoms with Gasteiger partial charge in [0.05, 0.1) is 19.8 Å². The lowest BCUT2D eigenvalue weighted by Crippen LogP contribution is -2.39. The van der Waals surface area contributed by atoms with Crippen molar-refractivity contribution in [2.45, 2.75) is 25.9 Å². The SMILES string of the molecule is CCNC(=NCCCOCCOC)NCCCN(C)CC(F)(F)F. The summed E-state index contributed by atoms with van der Waals surface area (Å²) in [5, 5.41) is 6.22. The van der Waals surface area contributed by atoms with E-state index in [4.69, 9.17) is 9.47 Å². The van der Waals surface area contributed by atoms with E-state index in [0.29, 0.717) is 51.8 Å². The highest BCUT2D eigenvalue weighted by molar-refractivity contribution is 5.79. The molecule has 144 valence electrons. The van der Waals surface area contributed by atoms with Gasteiger partial charge in [-0.05, 0) is 33.4 Å². The molecule has 0 aromatic rings. The fourth-order valence-electron chi connectivity index (χ4n) is 1.88. The van der Waals surface area contributed by atoms with Crippen LogP contribution in [-0.4, -0.2) is 83.7 Å². The first-order chi connectivity index (χ1) is 11.4. The number of hydrogen-bond donors (Lipinski definition) is 2. The molecule has 0 aliphatic heterocycles. The summed E-state index contributed by atoms with van der Waals surface area (Å²) in [6.45, 7) is 5.14. The number of halogens is 3. The fourth-order valence-corrected chi connectivity index (χ4v) is 1.88. The van der Waals surface area contributed by atoms with Gasteiger partial charge in [-0.2, -0.15) is 13.2 Å². The van der Waals surface area contributed by atoms with E-state index in [2.05, 4.69) is 15.6 Å². The molecule has 0 aromatic carbocycles. The van der Waals surface area contributed by atoms with Gasteiger partial charge in [0.15, 0.2) is 5.96 Å². The van der Waals surface area contributed by atoms with E-state index in [1.165, 1.54) is 11.9 Å². The third kappa shape index (κ3) is 15.8. The second-order valence-electron chi connectivity index (χ2n) is 5.35. The largest absolute Gasteiger partial charge is 0.401 e. The molecular weight excluding hydrogens is 325 g/mol. The maximum atomic E-state index is 12.2. The van der Waals surface area contributed by atoms with Crippen molar-refractivity contribution >= 4 is 5.96 Å². The molecule has 0 heterocycles. The van der Waals surface area contributed by atoms with Crippen LogP contribution in [-0.2, 0) is 9.47 Å². The zero-order chi connectivity index (χ0) is 18.3. The molecule has 0 bridgehead atoms. The summed E-state index contributed by atoms with van der Waals surface area (Å²) in [7, 11) is 3.10. The van der Waals surface area contributed by atoms with Crippen LogP contribution in [0, 0.1) is 0 Å². The summed E-state index contributed by atoms with van der Waals surface area (Å²) in [5.74, 6) is 0.674. The lowest BCUT2D eigenvalue weighted by Gasteiger charge is -2.18. The number of nitrogens with zero attached hydrogens (tertiary/aromatic N) is 2. The van der Waals surface area contributed by atoms with Gasteiger partial charge < -0.3 is 20.1 Å². The predicted octanol–water partition coefficient (Wildman–Crippen LogP) is 1.48. The summed E-state index contributed by atoms with van der Waals surface area (Å²) in [4.78, 5) is 5.66. The predicted molar refractivity (Wildman–Crippen MR) is 89.5 cm³/mol. The van der Waals surface area contributed by atoms with Crippen LogP contribution in [0.3, 0.4) is 0 Å². The third-order valence-electron chi connectivity index (χ3n) is 2.95. The minimum absolute atomic E-state index is 0.374. The number of rotatable bonds is 13. The molecule has 0 radical (unpaired) electrons. The molecule has 0 spiro atoms. The van der Waals surface area contributed by atoms with Crippen LogP contribution in [0.15, 0.2) is 4.99 Å². The van der Waals surface area contributed by atoms with Crippen molar-refractivity contribution in [2.75, 3.05) is 66.7 Å². The zero-order valence-electron chi connectivity index (χ0n) is 14.9. The molecule has 24 heavy (non-hydrogen) atoms. The van der Waals surface area contributed by atoms with E-state index in [1.54, 1.807) is 7.11 Å². The highest BCUT2D eigenvalue weighted by Crippen LogP contribution is 2.15. The van der Waals surface area contributed by atoms with Crippen molar-refractivity contribution in [1.29, 1.82) is 0 Å². The number of ether oxygens (including phenoxy) is 2. The normalized spacial score (nSPS) is 12.7. The van der Waals surface area contributed by atoms with Crippen LogP contribution in [0.2, 0.25) is 0 Å². The first-order valence-electron chi connectivity index (χ1n) is 8.23. The van der Waals surface area contributed by atoms with Crippen LogP contribution in [0.5, 0.6) is 0 Å². The van der Waals surface area contributed by atoms with Gasteiger partial charge in [0.1, 0.15) is 0 Å². The van der Waals surface area contributed by atoms with Gasteiger partial charge >= 0.3 is 6.18 Å². The van der Waals surface area contributed by atoms with Crippen LogP contribution in [0.1, 0.15) is 19.8 Å². The van der Waals surface area contributed by atoms with Gasteiger partial charge in [-0.15, -0.1) is 0 Å². The molecule has 0 aliphatic carbocycles. The average Bonchev–Trinajstić information content (AvgIpc) is 2.48. The molecule has 2 N–H and O–H groups in total. The topological polar surface area (TPSA) is 58.1 Å². The summed E-state index contributed by atoms with van der Waals surface area (Å²) >= 11 is 0. The molecule has 0 aliphatic rings. The molecule has 9 heteroatoms. The summed E-state index contributed by atoms with van der Waals surface area (Å²) in [5.41, 5.74) is 0. The van der Waals surface area contributed by atoms with Crippen molar-refractivity contribution in [3.63, 3.8) is 0 Å². The number of alkyl halides is 3. The van der Waals surface area contributed by atoms with Gasteiger partial charge in [-0.3, -0.25) is 9.89 Å². The zero-order valence-corrected chi connectivity index (χ0v) is 14.9. The minimum atomic E-state index is -4.15. The Morgan fingerprint density at radius 3 is 2.50 bits per heavy atom. The molecule has 0 fully saturated rings. The Kier molecular flexibility index (Phi) is 13.7. The first kappa shape index (κ1) is 22.9. The third-order valence-corrected chi connectivity index (χ3v) is 2.95. The van der Waals surface area contributed by atoms with E-state index in [1.807, 2.05) is 6.92 Å². The fraction of sp³-hybridized carbons (Fsp3) is 0.933. The lowest BCUT2D eigenvalue weighted by molar-refractivity contribution is -0.143. The second kappa shape index (κ2) is 14.3. The lowest BCUT2D eigenvalue weighted by atomic mass is 10.4. The Hall–Kier alpha value is -1.06. The van der Waals surface area contributed by atoms with E-state index < -0.39 is 12.7 Å². The molecule has 0 saturated carbocycles. The van der Waals surface area contributed by atoms with Crippen LogP contribution < -0.4 is 10.6 Å². The smallest absolute Gasteiger partial charge is 0.382 e. The summed E-state index contributed by atoms with van der Waals surface area (Å²) < 4.78 is 46.9. The number of hydrogen-bond acceptors (Lipinski definition) is 4. The first-order valence-corrected chi connectivity index (χ1v) is 8.23. The van der Waals surface area contributed by atoms with Crippen LogP contribution >= 0.6 is 0 Å². The molecule has 0 rings (SSSR count). The van der Waals surface area contributed by atoms with E-state index in [-0.39, 0.29) is 0 Å². The van der Waals surface area contributed by atoms with Crippen LogP contribution in [0.4, 0.5) is 13.2 Å². The highest BCUT2D eigenvalue weighted by atomic mass is 19.4. The van der Waals surface area contributed by atoms with Gasteiger partial charge in [0.2, 0.25) is 0 Å². The van der Waals surface area contributed by atoms with Crippen LogP contribution in [0.25, 0.3) is 0 Å². The molecular formula is C15H31F3N4O2. The number of guanidine groups is 1. The molecule has 0 atom stereocenters. The van der Waals surface area contributed by atoms with Crippen molar-refractivity contribution in [2.24, 2.45) is 4.99 Å². The Balaban J connectivity index is 3.84. The number of nitrogens with one attached hydrogen (secondary N) is 2. The molecule has 0 saturated heterocycles. The Morgan fingerprint density at radius 2 is 1.88 bits per heavy atom. The Labute approximate surface area is 142 Å². The molecule has 0 unspecified atom stereocenters. The molecule has 0 aromatic heterocycles. The quantitative estimate of drug-likeness (QED) is 0.297. The minimum Gasteiger partial charge on any atom is -0.382 e. The Morgan fingerprint density at radius 1 is 1.12 bits per heavy atom. The Bertz CT molecular complexity index is 328.